The highest BCUT2D eigenvalue weighted by molar-refractivity contribution is 6.06. The molecule has 0 aliphatic rings. The third kappa shape index (κ3) is 4.51. The molecule has 0 spiro atoms. The number of alkyl halides is 3. The van der Waals surface area contributed by atoms with E-state index in [9.17, 15) is 18.0 Å². The smallest absolute Gasteiger partial charge is 0.417 e. The SMILES string of the molecule is CC(C)Oc1ccccc1C(=O)Nc1ccc(C#N)c(C(F)(F)F)c1. The van der Waals surface area contributed by atoms with E-state index in [1.54, 1.807) is 32.0 Å². The van der Waals surface area contributed by atoms with Gasteiger partial charge in [0.15, 0.2) is 0 Å². The number of anilines is 1. The predicted octanol–water partition coefficient (Wildman–Crippen LogP) is 4.62. The van der Waals surface area contributed by atoms with Crippen molar-refractivity contribution in [1.29, 1.82) is 5.26 Å². The Morgan fingerprint density at radius 3 is 2.48 bits per heavy atom. The summed E-state index contributed by atoms with van der Waals surface area (Å²) in [5.74, 6) is -0.270. The number of benzene rings is 2. The molecule has 2 rings (SSSR count). The average molecular weight is 348 g/mol. The summed E-state index contributed by atoms with van der Waals surface area (Å²) in [6, 6.07) is 10.9. The molecular weight excluding hydrogens is 333 g/mol. The minimum atomic E-state index is -4.69. The van der Waals surface area contributed by atoms with Gasteiger partial charge in [-0.05, 0) is 44.2 Å². The topological polar surface area (TPSA) is 62.1 Å². The monoisotopic (exact) mass is 348 g/mol. The van der Waals surface area contributed by atoms with Crippen LogP contribution in [0.25, 0.3) is 0 Å². The summed E-state index contributed by atoms with van der Waals surface area (Å²) in [6.07, 6.45) is -4.86. The van der Waals surface area contributed by atoms with Gasteiger partial charge < -0.3 is 10.1 Å². The number of hydrogen-bond donors (Lipinski definition) is 1. The van der Waals surface area contributed by atoms with Crippen molar-refractivity contribution in [2.45, 2.75) is 26.1 Å². The van der Waals surface area contributed by atoms with Crippen LogP contribution in [0.4, 0.5) is 18.9 Å². The first-order valence-corrected chi connectivity index (χ1v) is 7.40. The van der Waals surface area contributed by atoms with Crippen LogP contribution in [-0.2, 0) is 6.18 Å². The Morgan fingerprint density at radius 1 is 1.20 bits per heavy atom. The first-order valence-electron chi connectivity index (χ1n) is 7.40. The minimum absolute atomic E-state index is 0.0596. The number of hydrogen-bond acceptors (Lipinski definition) is 3. The van der Waals surface area contributed by atoms with Crippen molar-refractivity contribution in [2.75, 3.05) is 5.32 Å². The number of nitrogens with zero attached hydrogens (tertiary/aromatic N) is 1. The van der Waals surface area contributed by atoms with Crippen LogP contribution in [0.15, 0.2) is 42.5 Å². The van der Waals surface area contributed by atoms with Crippen molar-refractivity contribution < 1.29 is 22.7 Å². The minimum Gasteiger partial charge on any atom is -0.490 e. The van der Waals surface area contributed by atoms with Gasteiger partial charge in [-0.25, -0.2) is 0 Å². The van der Waals surface area contributed by atoms with Crippen LogP contribution in [0.2, 0.25) is 0 Å². The van der Waals surface area contributed by atoms with Crippen LogP contribution in [0.1, 0.15) is 35.3 Å². The molecule has 7 heteroatoms. The molecular formula is C18H15F3N2O2. The van der Waals surface area contributed by atoms with Crippen LogP contribution in [-0.4, -0.2) is 12.0 Å². The molecule has 0 atom stereocenters. The third-order valence-corrected chi connectivity index (χ3v) is 3.20. The molecule has 1 amide bonds. The van der Waals surface area contributed by atoms with Crippen molar-refractivity contribution in [3.8, 4) is 11.8 Å². The average Bonchev–Trinajstić information content (AvgIpc) is 2.54. The lowest BCUT2D eigenvalue weighted by atomic mass is 10.1. The standard InChI is InChI=1S/C18H15F3N2O2/c1-11(2)25-16-6-4-3-5-14(16)17(24)23-13-8-7-12(10-22)15(9-13)18(19,20)21/h3-9,11H,1-2H3,(H,23,24). The summed E-state index contributed by atoms with van der Waals surface area (Å²) in [6.45, 7) is 3.59. The number of carbonyl (C=O) groups excluding carboxylic acids is 1. The largest absolute Gasteiger partial charge is 0.490 e. The fourth-order valence-corrected chi connectivity index (χ4v) is 2.16. The molecule has 4 nitrogen and oxygen atoms in total. The van der Waals surface area contributed by atoms with Gasteiger partial charge in [0.2, 0.25) is 0 Å². The van der Waals surface area contributed by atoms with Crippen LogP contribution >= 0.6 is 0 Å². The van der Waals surface area contributed by atoms with Crippen molar-refractivity contribution in [1.82, 2.24) is 0 Å². The molecule has 0 unspecified atom stereocenters. The number of nitriles is 1. The maximum absolute atomic E-state index is 13.0. The van der Waals surface area contributed by atoms with E-state index in [1.165, 1.54) is 18.2 Å². The zero-order valence-electron chi connectivity index (χ0n) is 13.5. The first kappa shape index (κ1) is 18.3. The normalized spacial score (nSPS) is 11.1. The lowest BCUT2D eigenvalue weighted by Crippen LogP contribution is -2.16. The van der Waals surface area contributed by atoms with E-state index in [0.717, 1.165) is 12.1 Å². The highest BCUT2D eigenvalue weighted by atomic mass is 19.4. The van der Waals surface area contributed by atoms with E-state index >= 15 is 0 Å². The van der Waals surface area contributed by atoms with Gasteiger partial charge in [0, 0.05) is 5.69 Å². The van der Waals surface area contributed by atoms with E-state index in [4.69, 9.17) is 10.00 Å². The molecule has 0 fully saturated rings. The quantitative estimate of drug-likeness (QED) is 0.877. The first-order chi connectivity index (χ1) is 11.7. The molecule has 130 valence electrons. The molecule has 0 aliphatic heterocycles. The molecule has 0 saturated heterocycles. The molecule has 0 saturated carbocycles. The van der Waals surface area contributed by atoms with Crippen LogP contribution in [0.3, 0.4) is 0 Å². The Bertz CT molecular complexity index is 824. The third-order valence-electron chi connectivity index (χ3n) is 3.20. The molecule has 1 N–H and O–H groups in total. The molecule has 25 heavy (non-hydrogen) atoms. The second-order valence-corrected chi connectivity index (χ2v) is 5.49. The molecule has 0 aliphatic carbocycles. The van der Waals surface area contributed by atoms with Gasteiger partial charge in [0.1, 0.15) is 5.75 Å². The number of amides is 1. The molecule has 0 aromatic heterocycles. The maximum Gasteiger partial charge on any atom is 0.417 e. The Labute approximate surface area is 142 Å². The number of nitrogens with one attached hydrogen (secondary N) is 1. The van der Waals surface area contributed by atoms with Gasteiger partial charge >= 0.3 is 6.18 Å². The summed E-state index contributed by atoms with van der Waals surface area (Å²) in [5, 5.41) is 11.2. The van der Waals surface area contributed by atoms with E-state index in [0.29, 0.717) is 5.75 Å². The van der Waals surface area contributed by atoms with Crippen molar-refractivity contribution in [3.05, 3.63) is 59.2 Å². The van der Waals surface area contributed by atoms with E-state index in [2.05, 4.69) is 5.32 Å². The second-order valence-electron chi connectivity index (χ2n) is 5.49. The second kappa shape index (κ2) is 7.26. The zero-order chi connectivity index (χ0) is 18.6. The zero-order valence-corrected chi connectivity index (χ0v) is 13.5. The lowest BCUT2D eigenvalue weighted by molar-refractivity contribution is -0.137. The van der Waals surface area contributed by atoms with Crippen LogP contribution in [0.5, 0.6) is 5.75 Å². The number of para-hydroxylation sites is 1. The summed E-state index contributed by atoms with van der Waals surface area (Å²) in [5.41, 5.74) is -1.46. The van der Waals surface area contributed by atoms with E-state index < -0.39 is 23.2 Å². The van der Waals surface area contributed by atoms with Gasteiger partial charge in [-0.1, -0.05) is 12.1 Å². The van der Waals surface area contributed by atoms with E-state index in [1.807, 2.05) is 0 Å². The Kier molecular flexibility index (Phi) is 5.32. The highest BCUT2D eigenvalue weighted by Crippen LogP contribution is 2.33. The summed E-state index contributed by atoms with van der Waals surface area (Å²) in [4.78, 5) is 12.4. The Balaban J connectivity index is 2.32. The van der Waals surface area contributed by atoms with Gasteiger partial charge in [0.25, 0.3) is 5.91 Å². The summed E-state index contributed by atoms with van der Waals surface area (Å²) < 4.78 is 44.5. The number of ether oxygens (including phenoxy) is 1. The van der Waals surface area contributed by atoms with Crippen molar-refractivity contribution in [2.24, 2.45) is 0 Å². The fraction of sp³-hybridized carbons (Fsp3) is 0.222. The molecule has 0 bridgehead atoms. The molecule has 0 heterocycles. The van der Waals surface area contributed by atoms with Gasteiger partial charge in [-0.3, -0.25) is 4.79 Å². The summed E-state index contributed by atoms with van der Waals surface area (Å²) in [7, 11) is 0. The Morgan fingerprint density at radius 2 is 1.88 bits per heavy atom. The number of carbonyl (C=O) groups is 1. The lowest BCUT2D eigenvalue weighted by Gasteiger charge is -2.15. The molecule has 2 aromatic carbocycles. The maximum atomic E-state index is 13.0. The van der Waals surface area contributed by atoms with Crippen molar-refractivity contribution in [3.63, 3.8) is 0 Å². The van der Waals surface area contributed by atoms with Crippen molar-refractivity contribution >= 4 is 11.6 Å². The van der Waals surface area contributed by atoms with Crippen LogP contribution in [0, 0.1) is 11.3 Å². The predicted molar refractivity (Wildman–Crippen MR) is 86.3 cm³/mol. The fourth-order valence-electron chi connectivity index (χ4n) is 2.16. The highest BCUT2D eigenvalue weighted by Gasteiger charge is 2.34. The number of rotatable bonds is 4. The van der Waals surface area contributed by atoms with Gasteiger partial charge in [-0.15, -0.1) is 0 Å². The van der Waals surface area contributed by atoms with Crippen LogP contribution < -0.4 is 10.1 Å². The Hall–Kier alpha value is -3.01. The molecule has 2 aromatic rings. The molecule has 0 radical (unpaired) electrons. The van der Waals surface area contributed by atoms with E-state index in [-0.39, 0.29) is 17.4 Å². The summed E-state index contributed by atoms with van der Waals surface area (Å²) >= 11 is 0. The number of halogens is 3. The van der Waals surface area contributed by atoms with Gasteiger partial charge in [-0.2, -0.15) is 18.4 Å². The van der Waals surface area contributed by atoms with Gasteiger partial charge in [0.05, 0.1) is 28.9 Å².